The number of para-hydroxylation sites is 1. The highest BCUT2D eigenvalue weighted by atomic mass is 16.5. The zero-order chi connectivity index (χ0) is 26.0. The minimum Gasteiger partial charge on any atom is -0.457 e. The Balaban J connectivity index is 1.53. The Bertz CT molecular complexity index is 2010. The third kappa shape index (κ3) is 3.58. The summed E-state index contributed by atoms with van der Waals surface area (Å²) in [5, 5.41) is 4.39. The van der Waals surface area contributed by atoms with E-state index in [9.17, 15) is 0 Å². The molecule has 0 saturated heterocycles. The van der Waals surface area contributed by atoms with Crippen molar-refractivity contribution in [2.75, 3.05) is 5.73 Å². The summed E-state index contributed by atoms with van der Waals surface area (Å²) in [7, 11) is 0. The van der Waals surface area contributed by atoms with Crippen molar-refractivity contribution in [2.24, 2.45) is 0 Å². The Kier molecular flexibility index (Phi) is 4.79. The van der Waals surface area contributed by atoms with E-state index in [1.807, 2.05) is 54.7 Å². The van der Waals surface area contributed by atoms with E-state index in [0.29, 0.717) is 11.4 Å². The molecule has 4 aromatic carbocycles. The molecule has 0 aliphatic rings. The van der Waals surface area contributed by atoms with Gasteiger partial charge in [0.25, 0.3) is 0 Å². The molecule has 0 saturated carbocycles. The summed E-state index contributed by atoms with van der Waals surface area (Å²) in [6, 6.07) is 30.5. The van der Waals surface area contributed by atoms with Gasteiger partial charge in [-0.3, -0.25) is 4.57 Å². The molecule has 3 aromatic heterocycles. The molecule has 5 nitrogen and oxygen atoms in total. The molecule has 0 fully saturated rings. The predicted octanol–water partition coefficient (Wildman–Crippen LogP) is 8.75. The smallest absolute Gasteiger partial charge is 0.137 e. The number of ether oxygens (including phenoxy) is 1. The fourth-order valence-electron chi connectivity index (χ4n) is 5.25. The van der Waals surface area contributed by atoms with Gasteiger partial charge in [0, 0.05) is 45.6 Å². The van der Waals surface area contributed by atoms with Crippen LogP contribution in [0.3, 0.4) is 0 Å². The topological polar surface area (TPSA) is 66.2 Å². The molecular formula is C33H27N3O2. The molecule has 3 heterocycles. The highest BCUT2D eigenvalue weighted by Gasteiger charge is 2.20. The molecule has 0 amide bonds. The summed E-state index contributed by atoms with van der Waals surface area (Å²) >= 11 is 0. The fraction of sp³-hybridized carbons (Fsp3) is 0.121. The number of fused-ring (bicyclic) bond motifs is 6. The molecular weight excluding hydrogens is 470 g/mol. The zero-order valence-electron chi connectivity index (χ0n) is 21.5. The van der Waals surface area contributed by atoms with Gasteiger partial charge in [-0.1, -0.05) is 45.0 Å². The van der Waals surface area contributed by atoms with Crippen molar-refractivity contribution in [1.29, 1.82) is 0 Å². The number of pyridine rings is 1. The van der Waals surface area contributed by atoms with Gasteiger partial charge < -0.3 is 14.9 Å². The number of hydrogen-bond acceptors (Lipinski definition) is 4. The molecule has 0 aliphatic heterocycles. The number of anilines is 1. The average molecular weight is 498 g/mol. The number of rotatable bonds is 3. The van der Waals surface area contributed by atoms with Crippen molar-refractivity contribution in [3.05, 3.63) is 103 Å². The number of nitrogens with two attached hydrogens (primary N) is 1. The van der Waals surface area contributed by atoms with Gasteiger partial charge in [-0.25, -0.2) is 4.98 Å². The lowest BCUT2D eigenvalue weighted by molar-refractivity contribution is 0.483. The van der Waals surface area contributed by atoms with Crippen molar-refractivity contribution in [3.63, 3.8) is 0 Å². The molecule has 7 aromatic rings. The largest absolute Gasteiger partial charge is 0.457 e. The van der Waals surface area contributed by atoms with Crippen LogP contribution in [0.25, 0.3) is 49.6 Å². The van der Waals surface area contributed by atoms with Crippen molar-refractivity contribution in [1.82, 2.24) is 9.55 Å². The summed E-state index contributed by atoms with van der Waals surface area (Å²) in [6.45, 7) is 6.66. The Morgan fingerprint density at radius 1 is 0.711 bits per heavy atom. The van der Waals surface area contributed by atoms with Gasteiger partial charge in [-0.05, 0) is 65.6 Å². The first kappa shape index (κ1) is 22.4. The van der Waals surface area contributed by atoms with Crippen LogP contribution in [-0.2, 0) is 5.41 Å². The van der Waals surface area contributed by atoms with Gasteiger partial charge >= 0.3 is 0 Å². The summed E-state index contributed by atoms with van der Waals surface area (Å²) in [6.07, 6.45) is 1.90. The van der Waals surface area contributed by atoms with Gasteiger partial charge in [0.15, 0.2) is 0 Å². The summed E-state index contributed by atoms with van der Waals surface area (Å²) in [5.41, 5.74) is 11.7. The number of nitrogens with zero attached hydrogens (tertiary/aromatic N) is 2. The maximum atomic E-state index is 6.24. The average Bonchev–Trinajstić information content (AvgIpc) is 3.41. The monoisotopic (exact) mass is 497 g/mol. The second-order valence-electron chi connectivity index (χ2n) is 10.8. The first-order valence-electron chi connectivity index (χ1n) is 12.7. The molecule has 5 heteroatoms. The number of hydrogen-bond donors (Lipinski definition) is 1. The zero-order valence-corrected chi connectivity index (χ0v) is 21.5. The van der Waals surface area contributed by atoms with Crippen LogP contribution in [0.1, 0.15) is 26.3 Å². The van der Waals surface area contributed by atoms with Crippen molar-refractivity contribution >= 4 is 49.4 Å². The van der Waals surface area contributed by atoms with E-state index in [1.54, 1.807) is 0 Å². The lowest BCUT2D eigenvalue weighted by atomic mass is 9.88. The highest BCUT2D eigenvalue weighted by Crippen LogP contribution is 2.40. The van der Waals surface area contributed by atoms with E-state index in [4.69, 9.17) is 19.9 Å². The number of aromatic nitrogens is 2. The second-order valence-corrected chi connectivity index (χ2v) is 10.8. The highest BCUT2D eigenvalue weighted by molar-refractivity contribution is 6.17. The first-order chi connectivity index (χ1) is 18.3. The second kappa shape index (κ2) is 8.12. The molecule has 186 valence electrons. The Morgan fingerprint density at radius 3 is 2.37 bits per heavy atom. The Morgan fingerprint density at radius 2 is 1.53 bits per heavy atom. The number of furan rings is 1. The molecule has 38 heavy (non-hydrogen) atoms. The van der Waals surface area contributed by atoms with Crippen molar-refractivity contribution in [2.45, 2.75) is 26.2 Å². The van der Waals surface area contributed by atoms with E-state index >= 15 is 0 Å². The van der Waals surface area contributed by atoms with Gasteiger partial charge in [-0.2, -0.15) is 0 Å². The number of nitrogen functional groups attached to an aromatic ring is 1. The summed E-state index contributed by atoms with van der Waals surface area (Å²) in [4.78, 5) is 4.83. The van der Waals surface area contributed by atoms with E-state index in [1.165, 1.54) is 5.56 Å². The molecule has 0 radical (unpaired) electrons. The van der Waals surface area contributed by atoms with Crippen LogP contribution in [0.15, 0.2) is 102 Å². The third-order valence-corrected chi connectivity index (χ3v) is 7.17. The minimum atomic E-state index is -0.00795. The van der Waals surface area contributed by atoms with Crippen molar-refractivity contribution < 1.29 is 9.15 Å². The van der Waals surface area contributed by atoms with Gasteiger partial charge in [-0.15, -0.1) is 0 Å². The normalized spacial score (nSPS) is 12.2. The molecule has 0 aliphatic carbocycles. The van der Waals surface area contributed by atoms with Crippen LogP contribution in [0.5, 0.6) is 11.5 Å². The minimum absolute atomic E-state index is 0.00795. The summed E-state index contributed by atoms with van der Waals surface area (Å²) in [5.74, 6) is 2.29. The van der Waals surface area contributed by atoms with Gasteiger partial charge in [0.2, 0.25) is 0 Å². The Labute approximate surface area is 220 Å². The lowest BCUT2D eigenvalue weighted by Crippen LogP contribution is -2.12. The summed E-state index contributed by atoms with van der Waals surface area (Å²) < 4.78 is 14.7. The predicted molar refractivity (Wildman–Crippen MR) is 155 cm³/mol. The third-order valence-electron chi connectivity index (χ3n) is 7.17. The maximum absolute atomic E-state index is 6.24. The fourth-order valence-corrected chi connectivity index (χ4v) is 5.25. The van der Waals surface area contributed by atoms with Crippen LogP contribution in [0.2, 0.25) is 0 Å². The molecule has 2 N–H and O–H groups in total. The van der Waals surface area contributed by atoms with Gasteiger partial charge in [0.05, 0.1) is 11.0 Å². The van der Waals surface area contributed by atoms with Crippen LogP contribution < -0.4 is 10.5 Å². The molecule has 7 rings (SSSR count). The van der Waals surface area contributed by atoms with Crippen LogP contribution in [0, 0.1) is 0 Å². The lowest BCUT2D eigenvalue weighted by Gasteiger charge is -2.20. The quantitative estimate of drug-likeness (QED) is 0.248. The standard InChI is InChI=1S/C33H27N3O2/c1-33(2,3)20-13-14-35-32(15-20)36-28-17-23(37-22-8-6-7-21(34)16-22)11-12-24(28)26-19-31-27(18-29(26)36)25-9-4-5-10-30(25)38-31/h4-19H,34H2,1-3H3. The Hall–Kier alpha value is -4.77. The van der Waals surface area contributed by atoms with Crippen LogP contribution >= 0.6 is 0 Å². The molecule has 0 atom stereocenters. The van der Waals surface area contributed by atoms with Gasteiger partial charge in [0.1, 0.15) is 28.5 Å². The SMILES string of the molecule is CC(C)(C)c1ccnc(-n2c3cc(Oc4cccc(N)c4)ccc3c3cc4oc5ccccc5c4cc32)c1. The number of benzene rings is 4. The van der Waals surface area contributed by atoms with E-state index in [2.05, 4.69) is 67.8 Å². The van der Waals surface area contributed by atoms with E-state index in [0.717, 1.165) is 55.3 Å². The van der Waals surface area contributed by atoms with Crippen LogP contribution in [0.4, 0.5) is 5.69 Å². The maximum Gasteiger partial charge on any atom is 0.137 e. The first-order valence-corrected chi connectivity index (χ1v) is 12.7. The van der Waals surface area contributed by atoms with E-state index < -0.39 is 0 Å². The molecule has 0 unspecified atom stereocenters. The molecule has 0 bridgehead atoms. The molecule has 0 spiro atoms. The van der Waals surface area contributed by atoms with Crippen molar-refractivity contribution in [3.8, 4) is 17.3 Å². The van der Waals surface area contributed by atoms with Crippen LogP contribution in [-0.4, -0.2) is 9.55 Å². The van der Waals surface area contributed by atoms with E-state index in [-0.39, 0.29) is 5.41 Å².